The van der Waals surface area contributed by atoms with Gasteiger partial charge in [0.1, 0.15) is 5.82 Å². The smallest absolute Gasteiger partial charge is 0.321 e. The van der Waals surface area contributed by atoms with Crippen molar-refractivity contribution in [3.05, 3.63) is 52.2 Å². The molecule has 1 fully saturated rings. The van der Waals surface area contributed by atoms with Crippen LogP contribution in [0, 0.1) is 6.92 Å². The molecule has 2 heterocycles. The van der Waals surface area contributed by atoms with Crippen molar-refractivity contribution in [2.75, 3.05) is 23.7 Å². The molecule has 27 heavy (non-hydrogen) atoms. The lowest BCUT2D eigenvalue weighted by Gasteiger charge is -2.32. The highest BCUT2D eigenvalue weighted by Gasteiger charge is 2.26. The maximum absolute atomic E-state index is 12.7. The van der Waals surface area contributed by atoms with E-state index in [1.807, 2.05) is 0 Å². The minimum absolute atomic E-state index is 0.0382. The van der Waals surface area contributed by atoms with E-state index in [0.717, 1.165) is 18.5 Å². The lowest BCUT2D eigenvalue weighted by Crippen LogP contribution is -2.42. The molecular formula is C19H23N5O3. The average molecular weight is 369 g/mol. The predicted molar refractivity (Wildman–Crippen MR) is 103 cm³/mol. The molecule has 0 saturated carbocycles. The van der Waals surface area contributed by atoms with Crippen molar-refractivity contribution in [1.82, 2.24) is 14.9 Å². The Morgan fingerprint density at radius 2 is 1.96 bits per heavy atom. The van der Waals surface area contributed by atoms with Gasteiger partial charge in [-0.1, -0.05) is 6.07 Å². The maximum atomic E-state index is 12.7. The van der Waals surface area contributed by atoms with E-state index in [1.54, 1.807) is 36.1 Å². The third-order valence-electron chi connectivity index (χ3n) is 4.44. The Hall–Kier alpha value is -3.16. The van der Waals surface area contributed by atoms with Crippen molar-refractivity contribution < 1.29 is 9.59 Å². The van der Waals surface area contributed by atoms with Crippen LogP contribution in [0.4, 0.5) is 16.2 Å². The van der Waals surface area contributed by atoms with Crippen LogP contribution in [0.5, 0.6) is 0 Å². The van der Waals surface area contributed by atoms with E-state index in [1.165, 1.54) is 13.0 Å². The summed E-state index contributed by atoms with van der Waals surface area (Å²) in [4.78, 5) is 44.3. The van der Waals surface area contributed by atoms with Crippen LogP contribution in [-0.2, 0) is 4.79 Å². The van der Waals surface area contributed by atoms with Crippen LogP contribution in [-0.4, -0.2) is 39.9 Å². The number of carbonyl (C=O) groups excluding carboxylic acids is 2. The first-order chi connectivity index (χ1) is 12.9. The maximum Gasteiger partial charge on any atom is 0.321 e. The number of rotatable bonds is 3. The standard InChI is InChI=1S/C19H23N5O3/c1-12-20-17(10-18(26)21-12)14-5-4-8-24(11-14)19(27)23-16-7-3-6-15(9-16)22-13(2)25/h3,6-7,9-10,14H,4-5,8,11H2,1-2H3,(H,22,25)(H,23,27)(H,20,21,26). The Bertz CT molecular complexity index is 908. The Kier molecular flexibility index (Phi) is 5.54. The van der Waals surface area contributed by atoms with E-state index in [2.05, 4.69) is 20.6 Å². The lowest BCUT2D eigenvalue weighted by atomic mass is 9.94. The highest BCUT2D eigenvalue weighted by molar-refractivity contribution is 5.92. The fourth-order valence-electron chi connectivity index (χ4n) is 3.30. The third-order valence-corrected chi connectivity index (χ3v) is 4.44. The number of nitrogens with zero attached hydrogens (tertiary/aromatic N) is 2. The molecule has 3 N–H and O–H groups in total. The number of nitrogens with one attached hydrogen (secondary N) is 3. The number of hydrogen-bond donors (Lipinski definition) is 3. The molecule has 1 unspecified atom stereocenters. The van der Waals surface area contributed by atoms with Gasteiger partial charge in [0, 0.05) is 43.4 Å². The Morgan fingerprint density at radius 3 is 2.67 bits per heavy atom. The molecule has 3 amide bonds. The highest BCUT2D eigenvalue weighted by atomic mass is 16.2. The summed E-state index contributed by atoms with van der Waals surface area (Å²) in [6, 6.07) is 8.31. The van der Waals surface area contributed by atoms with E-state index < -0.39 is 0 Å². The Morgan fingerprint density at radius 1 is 1.22 bits per heavy atom. The number of carbonyl (C=O) groups is 2. The molecule has 8 nitrogen and oxygen atoms in total. The minimum Gasteiger partial charge on any atom is -0.326 e. The molecule has 1 aromatic carbocycles. The molecule has 0 bridgehead atoms. The summed E-state index contributed by atoms with van der Waals surface area (Å²) in [5, 5.41) is 5.56. The van der Waals surface area contributed by atoms with Crippen molar-refractivity contribution in [3.63, 3.8) is 0 Å². The van der Waals surface area contributed by atoms with Crippen molar-refractivity contribution in [2.24, 2.45) is 0 Å². The van der Waals surface area contributed by atoms with Gasteiger partial charge in [0.15, 0.2) is 0 Å². The second-order valence-electron chi connectivity index (χ2n) is 6.73. The van der Waals surface area contributed by atoms with Crippen LogP contribution >= 0.6 is 0 Å². The normalized spacial score (nSPS) is 16.7. The van der Waals surface area contributed by atoms with E-state index in [4.69, 9.17) is 0 Å². The molecule has 8 heteroatoms. The van der Waals surface area contributed by atoms with Crippen LogP contribution in [0.25, 0.3) is 0 Å². The molecule has 0 aliphatic carbocycles. The van der Waals surface area contributed by atoms with Crippen LogP contribution in [0.3, 0.4) is 0 Å². The SMILES string of the molecule is CC(=O)Nc1cccc(NC(=O)N2CCCC(c3cc(=O)[nH]c(C)n3)C2)c1. The number of H-pyrrole nitrogens is 1. The number of likely N-dealkylation sites (tertiary alicyclic amines) is 1. The number of urea groups is 1. The van der Waals surface area contributed by atoms with Crippen LogP contribution < -0.4 is 16.2 Å². The zero-order chi connectivity index (χ0) is 19.4. The largest absolute Gasteiger partial charge is 0.326 e. The molecule has 0 spiro atoms. The second-order valence-corrected chi connectivity index (χ2v) is 6.73. The number of hydrogen-bond acceptors (Lipinski definition) is 4. The monoisotopic (exact) mass is 369 g/mol. The topological polar surface area (TPSA) is 107 Å². The number of benzene rings is 1. The lowest BCUT2D eigenvalue weighted by molar-refractivity contribution is -0.114. The predicted octanol–water partition coefficient (Wildman–Crippen LogP) is 2.45. The van der Waals surface area contributed by atoms with Gasteiger partial charge in [0.2, 0.25) is 5.91 Å². The van der Waals surface area contributed by atoms with Crippen LogP contribution in [0.15, 0.2) is 35.1 Å². The van der Waals surface area contributed by atoms with Gasteiger partial charge in [0.05, 0.1) is 5.69 Å². The molecule has 1 aromatic heterocycles. The van der Waals surface area contributed by atoms with Gasteiger partial charge in [-0.25, -0.2) is 9.78 Å². The summed E-state index contributed by atoms with van der Waals surface area (Å²) in [5.74, 6) is 0.447. The van der Waals surface area contributed by atoms with E-state index in [0.29, 0.717) is 30.3 Å². The zero-order valence-corrected chi connectivity index (χ0v) is 15.4. The molecule has 1 aliphatic heterocycles. The van der Waals surface area contributed by atoms with E-state index in [-0.39, 0.29) is 23.4 Å². The average Bonchev–Trinajstić information content (AvgIpc) is 2.61. The van der Waals surface area contributed by atoms with Gasteiger partial charge in [0.25, 0.3) is 5.56 Å². The fourth-order valence-corrected chi connectivity index (χ4v) is 3.30. The molecule has 2 aromatic rings. The summed E-state index contributed by atoms with van der Waals surface area (Å²) in [5.41, 5.74) is 1.79. The summed E-state index contributed by atoms with van der Waals surface area (Å²) >= 11 is 0. The third kappa shape index (κ3) is 4.93. The van der Waals surface area contributed by atoms with Gasteiger partial charge in [-0.2, -0.15) is 0 Å². The zero-order valence-electron chi connectivity index (χ0n) is 15.4. The van der Waals surface area contributed by atoms with E-state index in [9.17, 15) is 14.4 Å². The Labute approximate surface area is 157 Å². The van der Waals surface area contributed by atoms with Gasteiger partial charge in [-0.05, 0) is 38.0 Å². The van der Waals surface area contributed by atoms with Crippen molar-refractivity contribution >= 4 is 23.3 Å². The van der Waals surface area contributed by atoms with Crippen molar-refractivity contribution in [1.29, 1.82) is 0 Å². The molecule has 1 aliphatic rings. The number of aromatic nitrogens is 2. The molecule has 1 saturated heterocycles. The minimum atomic E-state index is -0.207. The van der Waals surface area contributed by atoms with Gasteiger partial charge >= 0.3 is 6.03 Å². The Balaban J connectivity index is 1.68. The first kappa shape index (κ1) is 18.6. The second kappa shape index (κ2) is 8.03. The van der Waals surface area contributed by atoms with Crippen molar-refractivity contribution in [2.45, 2.75) is 32.6 Å². The first-order valence-corrected chi connectivity index (χ1v) is 8.92. The van der Waals surface area contributed by atoms with Crippen molar-refractivity contribution in [3.8, 4) is 0 Å². The highest BCUT2D eigenvalue weighted by Crippen LogP contribution is 2.25. The number of piperidine rings is 1. The number of aryl methyl sites for hydroxylation is 1. The van der Waals surface area contributed by atoms with Gasteiger partial charge in [-0.15, -0.1) is 0 Å². The quantitative estimate of drug-likeness (QED) is 0.772. The molecule has 142 valence electrons. The van der Waals surface area contributed by atoms with E-state index >= 15 is 0 Å². The molecule has 3 rings (SSSR count). The van der Waals surface area contributed by atoms with Crippen LogP contribution in [0.2, 0.25) is 0 Å². The summed E-state index contributed by atoms with van der Waals surface area (Å²) in [7, 11) is 0. The number of amides is 3. The van der Waals surface area contributed by atoms with Gasteiger partial charge < -0.3 is 20.5 Å². The molecule has 1 atom stereocenters. The molecular weight excluding hydrogens is 346 g/mol. The number of anilines is 2. The fraction of sp³-hybridized carbons (Fsp3) is 0.368. The first-order valence-electron chi connectivity index (χ1n) is 8.92. The molecule has 0 radical (unpaired) electrons. The summed E-state index contributed by atoms with van der Waals surface area (Å²) in [6.07, 6.45) is 1.73. The van der Waals surface area contributed by atoms with Crippen LogP contribution in [0.1, 0.15) is 37.2 Å². The van der Waals surface area contributed by atoms with Gasteiger partial charge in [-0.3, -0.25) is 9.59 Å². The summed E-state index contributed by atoms with van der Waals surface area (Å²) < 4.78 is 0. The summed E-state index contributed by atoms with van der Waals surface area (Å²) in [6.45, 7) is 4.34. The number of aromatic amines is 1.